The predicted molar refractivity (Wildman–Crippen MR) is 96.8 cm³/mol. The van der Waals surface area contributed by atoms with Crippen molar-refractivity contribution in [2.24, 2.45) is 0 Å². The lowest BCUT2D eigenvalue weighted by Crippen LogP contribution is -2.34. The molecule has 2 aromatic carbocycles. The molecule has 1 aliphatic rings. The molecule has 1 atom stereocenters. The fourth-order valence-corrected chi connectivity index (χ4v) is 3.28. The van der Waals surface area contributed by atoms with E-state index in [1.165, 1.54) is 31.6 Å². The fraction of sp³-hybridized carbons (Fsp3) is 0.211. The van der Waals surface area contributed by atoms with Crippen LogP contribution in [-0.2, 0) is 4.79 Å². The molecule has 0 bridgehead atoms. The summed E-state index contributed by atoms with van der Waals surface area (Å²) in [5.41, 5.74) is -0.0358. The highest BCUT2D eigenvalue weighted by atomic mass is 19.1. The topological polar surface area (TPSA) is 67.3 Å². The Morgan fingerprint density at radius 1 is 1.14 bits per heavy atom. The van der Waals surface area contributed by atoms with Crippen molar-refractivity contribution in [1.82, 2.24) is 9.97 Å². The Balaban J connectivity index is 1.65. The van der Waals surface area contributed by atoms with Gasteiger partial charge in [-0.2, -0.15) is 0 Å². The van der Waals surface area contributed by atoms with Crippen LogP contribution in [0.25, 0.3) is 10.9 Å². The third-order valence-corrected chi connectivity index (χ3v) is 4.63. The highest BCUT2D eigenvalue weighted by Crippen LogP contribution is 2.31. The van der Waals surface area contributed by atoms with Crippen molar-refractivity contribution < 1.29 is 22.7 Å². The molecule has 1 amide bonds. The summed E-state index contributed by atoms with van der Waals surface area (Å²) in [6.45, 7) is 0.148. The highest BCUT2D eigenvalue weighted by molar-refractivity contribution is 6.02. The van der Waals surface area contributed by atoms with E-state index in [9.17, 15) is 18.0 Å². The van der Waals surface area contributed by atoms with Crippen molar-refractivity contribution in [2.75, 3.05) is 23.9 Å². The number of carbonyl (C=O) groups is 1. The number of fused-ring (bicyclic) bond motifs is 1. The molecule has 0 radical (unpaired) electrons. The summed E-state index contributed by atoms with van der Waals surface area (Å²) < 4.78 is 46.9. The van der Waals surface area contributed by atoms with E-state index in [4.69, 9.17) is 4.74 Å². The number of aromatic nitrogens is 2. The molecule has 0 spiro atoms. The molecule has 6 nitrogen and oxygen atoms in total. The van der Waals surface area contributed by atoms with Gasteiger partial charge < -0.3 is 15.0 Å². The van der Waals surface area contributed by atoms with Crippen molar-refractivity contribution in [3.05, 3.63) is 54.1 Å². The minimum absolute atomic E-state index is 0.0122. The van der Waals surface area contributed by atoms with E-state index in [1.54, 1.807) is 0 Å². The second-order valence-electron chi connectivity index (χ2n) is 6.27. The van der Waals surface area contributed by atoms with E-state index < -0.39 is 29.4 Å². The van der Waals surface area contributed by atoms with Gasteiger partial charge in [-0.1, -0.05) is 6.07 Å². The maximum atomic E-state index is 14.0. The van der Waals surface area contributed by atoms with Crippen LogP contribution in [-0.4, -0.2) is 35.6 Å². The first-order valence-corrected chi connectivity index (χ1v) is 8.49. The molecule has 1 aromatic heterocycles. The van der Waals surface area contributed by atoms with E-state index in [0.717, 1.165) is 17.0 Å². The first kappa shape index (κ1) is 18.0. The van der Waals surface area contributed by atoms with Gasteiger partial charge in [0.1, 0.15) is 35.5 Å². The van der Waals surface area contributed by atoms with Gasteiger partial charge in [0, 0.05) is 18.0 Å². The van der Waals surface area contributed by atoms with Crippen LogP contribution in [0.1, 0.15) is 6.42 Å². The average molecular weight is 388 g/mol. The van der Waals surface area contributed by atoms with Gasteiger partial charge in [-0.3, -0.25) is 4.79 Å². The van der Waals surface area contributed by atoms with Crippen LogP contribution < -0.4 is 15.0 Å². The first-order valence-electron chi connectivity index (χ1n) is 8.49. The number of halogens is 3. The molecular formula is C19H15F3N4O2. The van der Waals surface area contributed by atoms with Gasteiger partial charge in [-0.25, -0.2) is 23.1 Å². The summed E-state index contributed by atoms with van der Waals surface area (Å²) in [7, 11) is 1.34. The number of methoxy groups -OCH3 is 1. The minimum Gasteiger partial charge on any atom is -0.494 e. The van der Waals surface area contributed by atoms with Crippen LogP contribution in [0.4, 0.5) is 24.7 Å². The van der Waals surface area contributed by atoms with Gasteiger partial charge in [0.25, 0.3) is 0 Å². The van der Waals surface area contributed by atoms with Crippen molar-refractivity contribution >= 4 is 28.3 Å². The number of amides is 1. The molecule has 9 heteroatoms. The molecule has 3 aromatic rings. The third kappa shape index (κ3) is 2.98. The Morgan fingerprint density at radius 2 is 1.89 bits per heavy atom. The Labute approximate surface area is 158 Å². The summed E-state index contributed by atoms with van der Waals surface area (Å²) in [6, 6.07) is 5.34. The second-order valence-corrected chi connectivity index (χ2v) is 6.27. The van der Waals surface area contributed by atoms with Crippen LogP contribution in [0.2, 0.25) is 0 Å². The SMILES string of the molecule is COc1cc2c(NC3CCN(c4c(F)cccc4F)C3=O)ncnc2cc1F. The van der Waals surface area contributed by atoms with E-state index in [0.29, 0.717) is 23.1 Å². The summed E-state index contributed by atoms with van der Waals surface area (Å²) >= 11 is 0. The van der Waals surface area contributed by atoms with Crippen LogP contribution in [0.5, 0.6) is 5.75 Å². The van der Waals surface area contributed by atoms with Crippen LogP contribution >= 0.6 is 0 Å². The third-order valence-electron chi connectivity index (χ3n) is 4.63. The lowest BCUT2D eigenvalue weighted by molar-refractivity contribution is -0.117. The number of benzene rings is 2. The second kappa shape index (κ2) is 6.99. The van der Waals surface area contributed by atoms with Crippen molar-refractivity contribution in [3.8, 4) is 5.75 Å². The number of nitrogens with one attached hydrogen (secondary N) is 1. The lowest BCUT2D eigenvalue weighted by Gasteiger charge is -2.19. The normalized spacial score (nSPS) is 16.6. The zero-order chi connectivity index (χ0) is 19.8. The Hall–Kier alpha value is -3.36. The summed E-state index contributed by atoms with van der Waals surface area (Å²) in [5, 5.41) is 3.44. The number of ether oxygens (including phenoxy) is 1. The smallest absolute Gasteiger partial charge is 0.249 e. The monoisotopic (exact) mass is 388 g/mol. The van der Waals surface area contributed by atoms with Crippen LogP contribution in [0.3, 0.4) is 0 Å². The number of carbonyl (C=O) groups excluding carboxylic acids is 1. The maximum absolute atomic E-state index is 14.0. The summed E-state index contributed by atoms with van der Waals surface area (Å²) in [4.78, 5) is 21.9. The molecule has 0 aliphatic carbocycles. The Bertz CT molecular complexity index is 1060. The Morgan fingerprint density at radius 3 is 2.61 bits per heavy atom. The standard InChI is InChI=1S/C19H15F3N4O2/c1-28-16-7-10-15(8-13(16)22)23-9-24-18(10)25-14-5-6-26(19(14)27)17-11(20)3-2-4-12(17)21/h2-4,7-9,14H,5-6H2,1H3,(H,23,24,25). The van der Waals surface area contributed by atoms with E-state index in [-0.39, 0.29) is 18.0 Å². The molecule has 28 heavy (non-hydrogen) atoms. The molecule has 144 valence electrons. The number of hydrogen-bond acceptors (Lipinski definition) is 5. The van der Waals surface area contributed by atoms with Crippen molar-refractivity contribution in [1.29, 1.82) is 0 Å². The first-order chi connectivity index (χ1) is 13.5. The van der Waals surface area contributed by atoms with Gasteiger partial charge in [-0.15, -0.1) is 0 Å². The van der Waals surface area contributed by atoms with Gasteiger partial charge in [0.2, 0.25) is 5.91 Å². The van der Waals surface area contributed by atoms with Gasteiger partial charge >= 0.3 is 0 Å². The minimum atomic E-state index is -0.804. The highest BCUT2D eigenvalue weighted by Gasteiger charge is 2.35. The number of hydrogen-bond donors (Lipinski definition) is 1. The average Bonchev–Trinajstić information content (AvgIpc) is 3.02. The molecular weight excluding hydrogens is 373 g/mol. The molecule has 2 heterocycles. The molecule has 1 N–H and O–H groups in total. The Kier molecular flexibility index (Phi) is 4.50. The zero-order valence-corrected chi connectivity index (χ0v) is 14.7. The molecule has 1 saturated heterocycles. The van der Waals surface area contributed by atoms with Gasteiger partial charge in [0.05, 0.1) is 12.6 Å². The van der Waals surface area contributed by atoms with Crippen LogP contribution in [0, 0.1) is 17.5 Å². The largest absolute Gasteiger partial charge is 0.494 e. The summed E-state index contributed by atoms with van der Waals surface area (Å²) in [5.74, 6) is -2.35. The van der Waals surface area contributed by atoms with Crippen molar-refractivity contribution in [2.45, 2.75) is 12.5 Å². The van der Waals surface area contributed by atoms with Gasteiger partial charge in [0.15, 0.2) is 11.6 Å². The molecule has 1 fully saturated rings. The van der Waals surface area contributed by atoms with Gasteiger partial charge in [-0.05, 0) is 24.6 Å². The molecule has 1 aliphatic heterocycles. The molecule has 1 unspecified atom stereocenters. The number of anilines is 2. The zero-order valence-electron chi connectivity index (χ0n) is 14.7. The number of rotatable bonds is 4. The number of para-hydroxylation sites is 1. The predicted octanol–water partition coefficient (Wildman–Crippen LogP) is 3.27. The van der Waals surface area contributed by atoms with Crippen LogP contribution in [0.15, 0.2) is 36.7 Å². The maximum Gasteiger partial charge on any atom is 0.249 e. The quantitative estimate of drug-likeness (QED) is 0.743. The fourth-order valence-electron chi connectivity index (χ4n) is 3.28. The summed E-state index contributed by atoms with van der Waals surface area (Å²) in [6.07, 6.45) is 1.56. The van der Waals surface area contributed by atoms with E-state index in [1.807, 2.05) is 0 Å². The van der Waals surface area contributed by atoms with E-state index >= 15 is 0 Å². The lowest BCUT2D eigenvalue weighted by atomic mass is 10.2. The molecule has 0 saturated carbocycles. The van der Waals surface area contributed by atoms with Crippen molar-refractivity contribution in [3.63, 3.8) is 0 Å². The number of nitrogens with zero attached hydrogens (tertiary/aromatic N) is 3. The van der Waals surface area contributed by atoms with E-state index in [2.05, 4.69) is 15.3 Å². The molecule has 4 rings (SSSR count).